The van der Waals surface area contributed by atoms with Crippen molar-refractivity contribution in [1.29, 1.82) is 0 Å². The van der Waals surface area contributed by atoms with E-state index in [9.17, 15) is 0 Å². The average Bonchev–Trinajstić information content (AvgIpc) is 3.29. The number of benzene rings is 5. The van der Waals surface area contributed by atoms with Crippen LogP contribution in [0.15, 0.2) is 134 Å². The molecule has 0 aliphatic carbocycles. The quantitative estimate of drug-likeness (QED) is 0.179. The van der Waals surface area contributed by atoms with Gasteiger partial charge in [-0.05, 0) is 60.5 Å². The average molecular weight is 611 g/mol. The lowest BCUT2D eigenvalue weighted by molar-refractivity contribution is 0.476. The number of hydrogen-bond donors (Lipinski definition) is 0. The molecule has 8 aromatic rings. The number of para-hydroxylation sites is 8. The molecule has 5 heterocycles. The molecule has 8 nitrogen and oxygen atoms in total. The van der Waals surface area contributed by atoms with Crippen LogP contribution < -0.4 is 19.3 Å². The van der Waals surface area contributed by atoms with Gasteiger partial charge >= 0.3 is 0 Å². The Morgan fingerprint density at radius 1 is 0.435 bits per heavy atom. The van der Waals surface area contributed by atoms with Crippen molar-refractivity contribution in [2.45, 2.75) is 0 Å². The van der Waals surface area contributed by atoms with E-state index in [2.05, 4.69) is 9.97 Å². The maximum absolute atomic E-state index is 8.89. The molecule has 216 valence electrons. The molecule has 0 bridgehead atoms. The van der Waals surface area contributed by atoms with Crippen LogP contribution in [0.2, 0.25) is 0 Å². The van der Waals surface area contributed by atoms with Crippen molar-refractivity contribution in [1.82, 2.24) is 19.9 Å². The zero-order valence-corrected chi connectivity index (χ0v) is 23.0. The minimum Gasteiger partial charge on any atom is -0.453 e. The van der Waals surface area contributed by atoms with Crippen LogP contribution in [0.4, 0.5) is 34.1 Å². The summed E-state index contributed by atoms with van der Waals surface area (Å²) in [5.74, 6) is -1.53. The molecule has 0 saturated heterocycles. The first-order valence-electron chi connectivity index (χ1n) is 21.7. The summed E-state index contributed by atoms with van der Waals surface area (Å²) in [4.78, 5) is 21.2. The summed E-state index contributed by atoms with van der Waals surface area (Å²) >= 11 is 0. The van der Waals surface area contributed by atoms with Gasteiger partial charge in [0, 0.05) is 23.2 Å². The smallest absolute Gasteiger partial charge is 0.151 e. The third-order valence-electron chi connectivity index (χ3n) is 7.54. The molecule has 0 spiro atoms. The Balaban J connectivity index is 1.25. The lowest BCUT2D eigenvalue weighted by Gasteiger charge is -2.33. The molecule has 0 atom stereocenters. The predicted molar refractivity (Wildman–Crippen MR) is 180 cm³/mol. The standard InChI is InChI=1S/C38H22N6O2/c1-5-13-31-27(9-1)43(28-10-2-6-14-32(28)45-31)23-19-25-35-36(40-18-17-39-35)26-20-24(22-42-38(26)37(25)41-21-23)44-29-11-3-7-15-33(29)46-34-16-8-4-12-30(34)44/h1-22H/i1D,2D,3D,4D,5D,6D,7D,8D,9D,10D,11D,12D,13D,14D,15D,16D. The Morgan fingerprint density at radius 2 is 0.761 bits per heavy atom. The Hall–Kier alpha value is -6.54. The van der Waals surface area contributed by atoms with Gasteiger partial charge in [0.2, 0.25) is 0 Å². The zero-order valence-electron chi connectivity index (χ0n) is 39.0. The van der Waals surface area contributed by atoms with Crippen molar-refractivity contribution in [3.63, 3.8) is 0 Å². The lowest BCUT2D eigenvalue weighted by atomic mass is 10.0. The van der Waals surface area contributed by atoms with Crippen LogP contribution in [-0.4, -0.2) is 19.9 Å². The topological polar surface area (TPSA) is 76.5 Å². The van der Waals surface area contributed by atoms with Crippen LogP contribution in [-0.2, 0) is 0 Å². The van der Waals surface area contributed by atoms with Crippen molar-refractivity contribution >= 4 is 67.0 Å². The second-order valence-electron chi connectivity index (χ2n) is 10.0. The van der Waals surface area contributed by atoms with Crippen LogP contribution in [0.5, 0.6) is 23.0 Å². The lowest BCUT2D eigenvalue weighted by Crippen LogP contribution is -2.16. The molecule has 3 aromatic heterocycles. The van der Waals surface area contributed by atoms with Crippen molar-refractivity contribution in [2.75, 3.05) is 9.80 Å². The Morgan fingerprint density at radius 3 is 1.13 bits per heavy atom. The van der Waals surface area contributed by atoms with Crippen molar-refractivity contribution in [3.8, 4) is 23.0 Å². The summed E-state index contributed by atoms with van der Waals surface area (Å²) in [6.07, 6.45) is 5.46. The number of nitrogens with zero attached hydrogens (tertiary/aromatic N) is 6. The van der Waals surface area contributed by atoms with Crippen LogP contribution in [0.3, 0.4) is 0 Å². The fourth-order valence-corrected chi connectivity index (χ4v) is 5.67. The van der Waals surface area contributed by atoms with E-state index in [0.29, 0.717) is 10.8 Å². The van der Waals surface area contributed by atoms with Gasteiger partial charge in [-0.1, -0.05) is 48.3 Å². The highest BCUT2D eigenvalue weighted by Gasteiger charge is 2.28. The van der Waals surface area contributed by atoms with Gasteiger partial charge in [-0.3, -0.25) is 19.9 Å². The van der Waals surface area contributed by atoms with E-state index in [-0.39, 0.29) is 79.2 Å². The minimum absolute atomic E-state index is 0.0890. The molecule has 0 fully saturated rings. The summed E-state index contributed by atoms with van der Waals surface area (Å²) in [5, 5.41) is 0.611. The maximum atomic E-state index is 8.89. The van der Waals surface area contributed by atoms with E-state index < -0.39 is 96.7 Å². The van der Waals surface area contributed by atoms with E-state index in [0.717, 1.165) is 0 Å². The van der Waals surface area contributed by atoms with Crippen molar-refractivity contribution in [2.24, 2.45) is 0 Å². The van der Waals surface area contributed by atoms with Gasteiger partial charge < -0.3 is 19.3 Å². The van der Waals surface area contributed by atoms with Gasteiger partial charge in [0.05, 0.1) is 90.5 Å². The summed E-state index contributed by atoms with van der Waals surface area (Å²) in [7, 11) is 0. The van der Waals surface area contributed by atoms with E-state index in [4.69, 9.17) is 41.4 Å². The molecule has 46 heavy (non-hydrogen) atoms. The van der Waals surface area contributed by atoms with Crippen molar-refractivity contribution in [3.05, 3.63) is 134 Å². The third kappa shape index (κ3) is 3.55. The summed E-state index contributed by atoms with van der Waals surface area (Å²) in [5.41, 5.74) is 0.138. The first-order valence-corrected chi connectivity index (χ1v) is 13.7. The SMILES string of the molecule is [2H]c1c([2H])c([2H])c2c(c1[2H])Oc1c([2H])c([2H])c([2H])c([2H])c1N2c1cnc2c(c1)c1nccnc1c1cc(N3c4c([2H])c([2H])c([2H])c([2H])c4Oc4c([2H])c([2H])c([2H])c([2H])c43)cnc12. The van der Waals surface area contributed by atoms with Crippen LogP contribution in [0.1, 0.15) is 21.9 Å². The van der Waals surface area contributed by atoms with Gasteiger partial charge in [0.25, 0.3) is 0 Å². The number of rotatable bonds is 2. The fraction of sp³-hybridized carbons (Fsp3) is 0. The molecule has 8 heteroatoms. The maximum Gasteiger partial charge on any atom is 0.151 e. The van der Waals surface area contributed by atoms with E-state index in [1.165, 1.54) is 34.6 Å². The molecule has 0 saturated carbocycles. The van der Waals surface area contributed by atoms with Gasteiger partial charge in [-0.2, -0.15) is 0 Å². The molecule has 5 aromatic carbocycles. The normalized spacial score (nSPS) is 17.9. The molecule has 0 amide bonds. The molecule has 2 aliphatic heterocycles. The van der Waals surface area contributed by atoms with Gasteiger partial charge in [0.1, 0.15) is 0 Å². The Kier molecular flexibility index (Phi) is 2.89. The highest BCUT2D eigenvalue weighted by atomic mass is 16.5. The molecule has 2 aliphatic rings. The van der Waals surface area contributed by atoms with Crippen molar-refractivity contribution < 1.29 is 31.4 Å². The third-order valence-corrected chi connectivity index (χ3v) is 7.54. The number of fused-ring (bicyclic) bond motifs is 10. The van der Waals surface area contributed by atoms with Crippen LogP contribution >= 0.6 is 0 Å². The first kappa shape index (κ1) is 14.0. The van der Waals surface area contributed by atoms with E-state index >= 15 is 0 Å². The van der Waals surface area contributed by atoms with Gasteiger partial charge in [-0.15, -0.1) is 0 Å². The molecular weight excluding hydrogens is 572 g/mol. The highest BCUT2D eigenvalue weighted by molar-refractivity contribution is 6.21. The van der Waals surface area contributed by atoms with E-state index in [1.807, 2.05) is 0 Å². The second kappa shape index (κ2) is 9.48. The minimum atomic E-state index is -0.627. The van der Waals surface area contributed by atoms with Gasteiger partial charge in [-0.25, -0.2) is 0 Å². The Labute approximate surface area is 285 Å². The van der Waals surface area contributed by atoms with Gasteiger partial charge in [0.15, 0.2) is 23.0 Å². The predicted octanol–water partition coefficient (Wildman–Crippen LogP) is 9.88. The first-order chi connectivity index (χ1) is 29.5. The molecule has 0 radical (unpaired) electrons. The zero-order chi connectivity index (χ0) is 44.1. The van der Waals surface area contributed by atoms with Crippen LogP contribution in [0, 0.1) is 0 Å². The fourth-order valence-electron chi connectivity index (χ4n) is 5.67. The number of aromatic nitrogens is 4. The summed E-state index contributed by atoms with van der Waals surface area (Å²) in [6, 6.07) is -6.48. The highest BCUT2D eigenvalue weighted by Crippen LogP contribution is 2.52. The Bertz CT molecular complexity index is 3050. The molecule has 10 rings (SSSR count). The molecule has 0 N–H and O–H groups in total. The summed E-state index contributed by atoms with van der Waals surface area (Å²) < 4.78 is 149. The molecule has 0 unspecified atom stereocenters. The summed E-state index contributed by atoms with van der Waals surface area (Å²) in [6.45, 7) is 0. The number of pyridine rings is 2. The van der Waals surface area contributed by atoms with Crippen LogP contribution in [0.25, 0.3) is 32.8 Å². The largest absolute Gasteiger partial charge is 0.453 e. The number of hydrogen-bond acceptors (Lipinski definition) is 8. The number of ether oxygens (including phenoxy) is 2. The molecular formula is C38H22N6O2. The second-order valence-corrected chi connectivity index (χ2v) is 10.0. The number of anilines is 6. The monoisotopic (exact) mass is 610 g/mol. The van der Waals surface area contributed by atoms with E-state index in [1.54, 1.807) is 12.1 Å².